The van der Waals surface area contributed by atoms with Crippen LogP contribution in [0, 0.1) is 0 Å². The number of aromatic nitrogens is 3. The van der Waals surface area contributed by atoms with Gasteiger partial charge in [-0.15, -0.1) is 0 Å². The summed E-state index contributed by atoms with van der Waals surface area (Å²) in [5.41, 5.74) is 2.97. The van der Waals surface area contributed by atoms with Crippen molar-refractivity contribution in [2.75, 3.05) is 32.0 Å². The zero-order valence-corrected chi connectivity index (χ0v) is 23.5. The molecule has 0 aliphatic rings. The van der Waals surface area contributed by atoms with Crippen molar-refractivity contribution < 1.29 is 23.7 Å². The number of carbonyl (C=O) groups is 1. The lowest BCUT2D eigenvalue weighted by Gasteiger charge is -2.13. The Kier molecular flexibility index (Phi) is 7.91. The molecule has 0 spiro atoms. The van der Waals surface area contributed by atoms with Crippen molar-refractivity contribution in [1.82, 2.24) is 14.8 Å². The zero-order valence-electron chi connectivity index (χ0n) is 23.5. The number of rotatable bonds is 9. The molecule has 210 valence electrons. The predicted octanol–water partition coefficient (Wildman–Crippen LogP) is 7.01. The van der Waals surface area contributed by atoms with Crippen molar-refractivity contribution in [1.29, 1.82) is 0 Å². The van der Waals surface area contributed by atoms with Crippen LogP contribution in [0.1, 0.15) is 25.5 Å². The maximum Gasteiger partial charge on any atom is 0.324 e. The molecular weight excluding hydrogens is 522 g/mol. The summed E-state index contributed by atoms with van der Waals surface area (Å²) in [7, 11) is 4.78. The minimum atomic E-state index is -0.398. The minimum absolute atomic E-state index is 0.186. The van der Waals surface area contributed by atoms with Gasteiger partial charge < -0.3 is 24.3 Å². The highest BCUT2D eigenvalue weighted by Gasteiger charge is 2.15. The number of urea groups is 1. The lowest BCUT2D eigenvalue weighted by molar-refractivity contribution is 0.262. The van der Waals surface area contributed by atoms with Gasteiger partial charge in [0.15, 0.2) is 11.5 Å². The normalized spacial score (nSPS) is 10.9. The Morgan fingerprint density at radius 2 is 1.46 bits per heavy atom. The van der Waals surface area contributed by atoms with Crippen LogP contribution in [0.2, 0.25) is 0 Å². The molecule has 41 heavy (non-hydrogen) atoms. The first-order valence-corrected chi connectivity index (χ1v) is 13.0. The number of ether oxygens (including phenoxy) is 4. The molecule has 2 heterocycles. The van der Waals surface area contributed by atoms with E-state index in [9.17, 15) is 4.79 Å². The number of nitrogens with zero attached hydrogens (tertiary/aromatic N) is 3. The number of hydrogen-bond acceptors (Lipinski definition) is 7. The molecule has 2 N–H and O–H groups in total. The molecule has 5 aromatic rings. The molecule has 0 unspecified atom stereocenters. The standard InChI is InChI=1S/C31H31N5O5/c1-19(2)25-18-30(36(35-25)21-8-12-22(38-3)13-9-21)34-31(37)33-20-6-10-23(11-7-20)41-27-14-15-32-26-17-29(40-5)28(39-4)16-24(26)27/h6-19H,1-5H3,(H2,33,34,37). The molecule has 10 nitrogen and oxygen atoms in total. The fourth-order valence-corrected chi connectivity index (χ4v) is 4.24. The first-order valence-electron chi connectivity index (χ1n) is 13.0. The molecule has 0 saturated carbocycles. The molecule has 10 heteroatoms. The van der Waals surface area contributed by atoms with Gasteiger partial charge in [0.2, 0.25) is 0 Å². The van der Waals surface area contributed by atoms with Crippen LogP contribution < -0.4 is 29.6 Å². The Balaban J connectivity index is 1.30. The number of anilines is 2. The van der Waals surface area contributed by atoms with E-state index in [4.69, 9.17) is 18.9 Å². The summed E-state index contributed by atoms with van der Waals surface area (Å²) in [6.07, 6.45) is 1.67. The second-order valence-corrected chi connectivity index (χ2v) is 9.46. The smallest absolute Gasteiger partial charge is 0.324 e. The largest absolute Gasteiger partial charge is 0.497 e. The van der Waals surface area contributed by atoms with Gasteiger partial charge in [0.05, 0.1) is 38.2 Å². The Labute approximate surface area is 237 Å². The second-order valence-electron chi connectivity index (χ2n) is 9.46. The number of benzene rings is 3. The minimum Gasteiger partial charge on any atom is -0.497 e. The molecule has 0 saturated heterocycles. The van der Waals surface area contributed by atoms with Crippen LogP contribution >= 0.6 is 0 Å². The monoisotopic (exact) mass is 553 g/mol. The number of pyridine rings is 1. The number of hydrogen-bond donors (Lipinski definition) is 2. The van der Waals surface area contributed by atoms with E-state index in [1.807, 2.05) is 36.4 Å². The van der Waals surface area contributed by atoms with E-state index < -0.39 is 6.03 Å². The SMILES string of the molecule is COc1ccc(-n2nc(C(C)C)cc2NC(=O)Nc2ccc(Oc3ccnc4cc(OC)c(OC)cc34)cc2)cc1. The molecule has 0 aliphatic heterocycles. The molecule has 2 amide bonds. The Hall–Kier alpha value is -5.25. The van der Waals surface area contributed by atoms with Crippen molar-refractivity contribution in [3.05, 3.63) is 84.7 Å². The lowest BCUT2D eigenvalue weighted by Crippen LogP contribution is -2.21. The van der Waals surface area contributed by atoms with Gasteiger partial charge >= 0.3 is 6.03 Å². The van der Waals surface area contributed by atoms with Gasteiger partial charge in [-0.25, -0.2) is 9.48 Å². The molecule has 0 fully saturated rings. The summed E-state index contributed by atoms with van der Waals surface area (Å²) < 4.78 is 23.9. The fourth-order valence-electron chi connectivity index (χ4n) is 4.24. The fraction of sp³-hybridized carbons (Fsp3) is 0.194. The maximum atomic E-state index is 12.9. The van der Waals surface area contributed by atoms with E-state index in [0.717, 1.165) is 22.5 Å². The summed E-state index contributed by atoms with van der Waals surface area (Å²) in [6, 6.07) is 21.4. The molecule has 5 rings (SSSR count). The van der Waals surface area contributed by atoms with Gasteiger partial charge in [-0.3, -0.25) is 10.3 Å². The number of amides is 2. The van der Waals surface area contributed by atoms with Gasteiger partial charge in [-0.05, 0) is 66.6 Å². The van der Waals surface area contributed by atoms with E-state index in [2.05, 4.69) is 34.6 Å². The maximum absolute atomic E-state index is 12.9. The zero-order chi connectivity index (χ0) is 28.9. The highest BCUT2D eigenvalue weighted by Crippen LogP contribution is 2.37. The van der Waals surface area contributed by atoms with E-state index in [-0.39, 0.29) is 5.92 Å². The van der Waals surface area contributed by atoms with E-state index in [0.29, 0.717) is 40.0 Å². The third-order valence-electron chi connectivity index (χ3n) is 6.43. The molecule has 0 radical (unpaired) electrons. The van der Waals surface area contributed by atoms with Crippen LogP contribution in [-0.4, -0.2) is 42.1 Å². The summed E-state index contributed by atoms with van der Waals surface area (Å²) >= 11 is 0. The highest BCUT2D eigenvalue weighted by molar-refractivity contribution is 5.99. The lowest BCUT2D eigenvalue weighted by atomic mass is 10.1. The third kappa shape index (κ3) is 6.01. The summed E-state index contributed by atoms with van der Waals surface area (Å²) in [5, 5.41) is 11.2. The van der Waals surface area contributed by atoms with Crippen molar-refractivity contribution in [3.63, 3.8) is 0 Å². The second kappa shape index (κ2) is 11.9. The van der Waals surface area contributed by atoms with Crippen LogP contribution in [0.15, 0.2) is 79.0 Å². The van der Waals surface area contributed by atoms with E-state index in [1.54, 1.807) is 68.6 Å². The third-order valence-corrected chi connectivity index (χ3v) is 6.43. The van der Waals surface area contributed by atoms with Gasteiger partial charge in [-0.1, -0.05) is 13.8 Å². The van der Waals surface area contributed by atoms with Crippen molar-refractivity contribution in [2.24, 2.45) is 0 Å². The Morgan fingerprint density at radius 1 is 0.780 bits per heavy atom. The topological polar surface area (TPSA) is 109 Å². The summed E-state index contributed by atoms with van der Waals surface area (Å²) in [6.45, 7) is 4.10. The van der Waals surface area contributed by atoms with Crippen LogP contribution in [-0.2, 0) is 0 Å². The van der Waals surface area contributed by atoms with Gasteiger partial charge in [0.1, 0.15) is 23.1 Å². The first kappa shape index (κ1) is 27.3. The number of nitrogens with one attached hydrogen (secondary N) is 2. The van der Waals surface area contributed by atoms with E-state index >= 15 is 0 Å². The molecule has 0 atom stereocenters. The molecule has 3 aromatic carbocycles. The van der Waals surface area contributed by atoms with Crippen molar-refractivity contribution in [3.8, 4) is 34.4 Å². The molecular formula is C31H31N5O5. The average Bonchev–Trinajstić information content (AvgIpc) is 3.41. The quantitative estimate of drug-likeness (QED) is 0.202. The van der Waals surface area contributed by atoms with Crippen molar-refractivity contribution >= 4 is 28.4 Å². The van der Waals surface area contributed by atoms with Crippen molar-refractivity contribution in [2.45, 2.75) is 19.8 Å². The van der Waals surface area contributed by atoms with Crippen LogP contribution in [0.25, 0.3) is 16.6 Å². The number of methoxy groups -OCH3 is 3. The summed E-state index contributed by atoms with van der Waals surface area (Å²) in [5.74, 6) is 3.85. The van der Waals surface area contributed by atoms with Crippen LogP contribution in [0.3, 0.4) is 0 Å². The predicted molar refractivity (Wildman–Crippen MR) is 158 cm³/mol. The van der Waals surface area contributed by atoms with Crippen LogP contribution in [0.5, 0.6) is 28.7 Å². The Morgan fingerprint density at radius 3 is 2.12 bits per heavy atom. The van der Waals surface area contributed by atoms with E-state index in [1.165, 1.54) is 0 Å². The molecule has 0 aliphatic carbocycles. The van der Waals surface area contributed by atoms with Crippen LogP contribution in [0.4, 0.5) is 16.3 Å². The summed E-state index contributed by atoms with van der Waals surface area (Å²) in [4.78, 5) is 17.3. The van der Waals surface area contributed by atoms with Gasteiger partial charge in [0, 0.05) is 29.4 Å². The first-order chi connectivity index (χ1) is 19.9. The molecule has 2 aromatic heterocycles. The average molecular weight is 554 g/mol. The highest BCUT2D eigenvalue weighted by atomic mass is 16.5. The Bertz CT molecular complexity index is 1660. The van der Waals surface area contributed by atoms with Gasteiger partial charge in [0.25, 0.3) is 0 Å². The number of fused-ring (bicyclic) bond motifs is 1. The van der Waals surface area contributed by atoms with Gasteiger partial charge in [-0.2, -0.15) is 5.10 Å². The molecule has 0 bridgehead atoms. The number of carbonyl (C=O) groups excluding carboxylic acids is 1.